The Hall–Kier alpha value is -3.85. The highest BCUT2D eigenvalue weighted by Crippen LogP contribution is 2.42. The first-order valence-corrected chi connectivity index (χ1v) is 20.9. The van der Waals surface area contributed by atoms with Gasteiger partial charge in [-0.15, -0.1) is 0 Å². The average molecular weight is 759 g/mol. The molecular formula is C47H70N2O6. The van der Waals surface area contributed by atoms with E-state index in [0.29, 0.717) is 19.6 Å². The molecule has 3 rings (SSSR count). The van der Waals surface area contributed by atoms with Crippen LogP contribution in [0.25, 0.3) is 0 Å². The Morgan fingerprint density at radius 3 is 1.64 bits per heavy atom. The number of benzene rings is 3. The third-order valence-corrected chi connectivity index (χ3v) is 10.2. The Morgan fingerprint density at radius 1 is 0.673 bits per heavy atom. The maximum Gasteiger partial charge on any atom is 0.410 e. The van der Waals surface area contributed by atoms with Crippen LogP contribution in [0.5, 0.6) is 11.5 Å². The number of nitrogens with zero attached hydrogens (tertiary/aromatic N) is 1. The lowest BCUT2D eigenvalue weighted by Crippen LogP contribution is -2.41. The van der Waals surface area contributed by atoms with E-state index in [1.807, 2.05) is 78.9 Å². The van der Waals surface area contributed by atoms with E-state index in [0.717, 1.165) is 60.3 Å². The molecule has 304 valence electrons. The van der Waals surface area contributed by atoms with Crippen LogP contribution in [0.3, 0.4) is 0 Å². The third kappa shape index (κ3) is 16.0. The van der Waals surface area contributed by atoms with Gasteiger partial charge >= 0.3 is 6.09 Å². The van der Waals surface area contributed by atoms with Crippen molar-refractivity contribution >= 4 is 6.09 Å². The number of aliphatic hydroxyl groups excluding tert-OH is 1. The van der Waals surface area contributed by atoms with Crippen molar-refractivity contribution in [1.82, 2.24) is 4.90 Å². The summed E-state index contributed by atoms with van der Waals surface area (Å²) in [5.41, 5.74) is 7.30. The second-order valence-electron chi connectivity index (χ2n) is 14.4. The van der Waals surface area contributed by atoms with Gasteiger partial charge in [-0.1, -0.05) is 131 Å². The van der Waals surface area contributed by atoms with Crippen molar-refractivity contribution < 1.29 is 28.8 Å². The second kappa shape index (κ2) is 27.7. The molecule has 0 spiro atoms. The van der Waals surface area contributed by atoms with Crippen molar-refractivity contribution in [3.8, 4) is 11.5 Å². The summed E-state index contributed by atoms with van der Waals surface area (Å²) in [6, 6.07) is 25.5. The minimum absolute atomic E-state index is 0.0416. The summed E-state index contributed by atoms with van der Waals surface area (Å²) in [4.78, 5) is 15.4. The lowest BCUT2D eigenvalue weighted by Gasteiger charge is -2.37. The van der Waals surface area contributed by atoms with Crippen LogP contribution in [-0.2, 0) is 15.1 Å². The molecule has 1 amide bonds. The van der Waals surface area contributed by atoms with Crippen LogP contribution >= 0.6 is 0 Å². The molecule has 1 unspecified atom stereocenters. The Kier molecular flexibility index (Phi) is 22.9. The van der Waals surface area contributed by atoms with Crippen LogP contribution in [0.4, 0.5) is 4.79 Å². The van der Waals surface area contributed by atoms with Crippen LogP contribution in [0, 0.1) is 0 Å². The minimum atomic E-state index is -1.09. The van der Waals surface area contributed by atoms with Crippen LogP contribution in [-0.4, -0.2) is 69.3 Å². The highest BCUT2D eigenvalue weighted by Gasteiger charge is 2.39. The van der Waals surface area contributed by atoms with Crippen LogP contribution < -0.4 is 15.2 Å². The number of hydrogen-bond acceptors (Lipinski definition) is 7. The summed E-state index contributed by atoms with van der Waals surface area (Å²) in [5, 5.41) is 10.5. The van der Waals surface area contributed by atoms with Gasteiger partial charge in [-0.2, -0.15) is 0 Å². The third-order valence-electron chi connectivity index (χ3n) is 10.2. The molecule has 55 heavy (non-hydrogen) atoms. The molecule has 0 aromatic heterocycles. The summed E-state index contributed by atoms with van der Waals surface area (Å²) in [7, 11) is 3.27. The number of carbonyl (C=O) groups is 1. The standard InChI is InChI=1S/C47H70N2O6/c1-4-5-6-7-8-9-10-11-12-13-14-15-16-17-18-23-36-49(37-24-22-35-48)46(51)55-45(38-50)39-54-47(40-25-20-19-21-26-40,41-27-31-43(52-2)32-28-41)42-29-33-44(53-3)34-30-42/h11-12,19-21,25-34,45,50H,4-10,13-18,22-24,35-39,48H2,1-3H3/b12-11-. The number of hydrogen-bond donors (Lipinski definition) is 2. The van der Waals surface area contributed by atoms with Gasteiger partial charge in [0.05, 0.1) is 27.4 Å². The topological polar surface area (TPSA) is 103 Å². The van der Waals surface area contributed by atoms with Crippen molar-refractivity contribution in [2.75, 3.05) is 47.1 Å². The first kappa shape index (κ1) is 45.5. The number of amides is 1. The number of methoxy groups -OCH3 is 2. The summed E-state index contributed by atoms with van der Waals surface area (Å²) >= 11 is 0. The molecule has 0 aliphatic carbocycles. The van der Waals surface area contributed by atoms with Gasteiger partial charge in [0.25, 0.3) is 0 Å². The van der Waals surface area contributed by atoms with Crippen LogP contribution in [0.15, 0.2) is 91.0 Å². The fourth-order valence-electron chi connectivity index (χ4n) is 6.92. The molecule has 0 radical (unpaired) electrons. The van der Waals surface area contributed by atoms with Gasteiger partial charge in [0.2, 0.25) is 0 Å². The number of rotatable bonds is 30. The predicted octanol–water partition coefficient (Wildman–Crippen LogP) is 10.6. The van der Waals surface area contributed by atoms with E-state index in [9.17, 15) is 9.90 Å². The highest BCUT2D eigenvalue weighted by molar-refractivity contribution is 5.67. The predicted molar refractivity (Wildman–Crippen MR) is 225 cm³/mol. The maximum atomic E-state index is 13.6. The van der Waals surface area contributed by atoms with Gasteiger partial charge in [-0.3, -0.25) is 0 Å². The molecule has 0 heterocycles. The molecule has 0 bridgehead atoms. The maximum absolute atomic E-state index is 13.6. The molecule has 1 atom stereocenters. The molecular weight excluding hydrogens is 689 g/mol. The number of carbonyl (C=O) groups excluding carboxylic acids is 1. The summed E-state index contributed by atoms with van der Waals surface area (Å²) < 4.78 is 23.8. The lowest BCUT2D eigenvalue weighted by atomic mass is 9.80. The van der Waals surface area contributed by atoms with Gasteiger partial charge < -0.3 is 34.7 Å². The fourth-order valence-corrected chi connectivity index (χ4v) is 6.92. The van der Waals surface area contributed by atoms with Gasteiger partial charge in [-0.05, 0) is 92.4 Å². The zero-order chi connectivity index (χ0) is 39.4. The fraction of sp³-hybridized carbons (Fsp3) is 0.553. The molecule has 0 aliphatic heterocycles. The largest absolute Gasteiger partial charge is 0.497 e. The number of aliphatic hydroxyl groups is 1. The smallest absolute Gasteiger partial charge is 0.410 e. The Labute approximate surface area is 332 Å². The summed E-state index contributed by atoms with van der Waals surface area (Å²) in [6.07, 6.45) is 22.3. The van der Waals surface area contributed by atoms with E-state index in [-0.39, 0.29) is 13.2 Å². The van der Waals surface area contributed by atoms with Crippen LogP contribution in [0.2, 0.25) is 0 Å². The number of allylic oxidation sites excluding steroid dienone is 2. The van der Waals surface area contributed by atoms with Crippen molar-refractivity contribution in [2.24, 2.45) is 5.73 Å². The zero-order valence-corrected chi connectivity index (χ0v) is 34.1. The van der Waals surface area contributed by atoms with E-state index in [2.05, 4.69) is 19.1 Å². The van der Waals surface area contributed by atoms with E-state index in [4.69, 9.17) is 24.7 Å². The molecule has 3 N–H and O–H groups in total. The molecule has 8 heteroatoms. The van der Waals surface area contributed by atoms with Gasteiger partial charge in [0.15, 0.2) is 0 Å². The lowest BCUT2D eigenvalue weighted by molar-refractivity contribution is -0.0630. The Balaban J connectivity index is 1.59. The molecule has 3 aromatic carbocycles. The SMILES string of the molecule is CCCCCCCC/C=C\CCCCCCCCN(CCCCN)C(=O)OC(CO)COC(c1ccccc1)(c1ccc(OC)cc1)c1ccc(OC)cc1. The van der Waals surface area contributed by atoms with Gasteiger partial charge in [-0.25, -0.2) is 4.79 Å². The van der Waals surface area contributed by atoms with E-state index >= 15 is 0 Å². The average Bonchev–Trinajstić information content (AvgIpc) is 3.23. The van der Waals surface area contributed by atoms with Crippen LogP contribution in [0.1, 0.15) is 126 Å². The van der Waals surface area contributed by atoms with Gasteiger partial charge in [0, 0.05) is 13.1 Å². The number of nitrogens with two attached hydrogens (primary N) is 1. The first-order chi connectivity index (χ1) is 27.0. The molecule has 0 saturated heterocycles. The number of unbranched alkanes of at least 4 members (excludes halogenated alkanes) is 13. The van der Waals surface area contributed by atoms with Crippen molar-refractivity contribution in [3.05, 3.63) is 108 Å². The Morgan fingerprint density at radius 2 is 1.15 bits per heavy atom. The van der Waals surface area contributed by atoms with E-state index < -0.39 is 17.8 Å². The molecule has 0 saturated carbocycles. The highest BCUT2D eigenvalue weighted by atomic mass is 16.6. The van der Waals surface area contributed by atoms with E-state index in [1.165, 1.54) is 70.6 Å². The Bertz CT molecular complexity index is 1380. The zero-order valence-electron chi connectivity index (χ0n) is 34.1. The molecule has 0 aliphatic rings. The summed E-state index contributed by atoms with van der Waals surface area (Å²) in [6.45, 7) is 3.58. The molecule has 8 nitrogen and oxygen atoms in total. The van der Waals surface area contributed by atoms with Crippen molar-refractivity contribution in [3.63, 3.8) is 0 Å². The minimum Gasteiger partial charge on any atom is -0.497 e. The second-order valence-corrected chi connectivity index (χ2v) is 14.4. The monoisotopic (exact) mass is 759 g/mol. The van der Waals surface area contributed by atoms with Gasteiger partial charge in [0.1, 0.15) is 23.2 Å². The molecule has 0 fully saturated rings. The quantitative estimate of drug-likeness (QED) is 0.0396. The summed E-state index contributed by atoms with van der Waals surface area (Å²) in [5.74, 6) is 1.44. The number of ether oxygens (including phenoxy) is 4. The first-order valence-electron chi connectivity index (χ1n) is 20.9. The van der Waals surface area contributed by atoms with Crippen molar-refractivity contribution in [2.45, 2.75) is 121 Å². The van der Waals surface area contributed by atoms with Crippen molar-refractivity contribution in [1.29, 1.82) is 0 Å². The normalized spacial score (nSPS) is 12.2. The van der Waals surface area contributed by atoms with E-state index in [1.54, 1.807) is 19.1 Å². The molecule has 3 aromatic rings.